The van der Waals surface area contributed by atoms with Gasteiger partial charge in [0.05, 0.1) is 0 Å². The van der Waals surface area contributed by atoms with Gasteiger partial charge in [0.25, 0.3) is 0 Å². The number of nitrogens with zero attached hydrogens (tertiary/aromatic N) is 3. The largest absolute Gasteiger partial charge is 0.341 e. The Kier molecular flexibility index (Phi) is 5.13. The number of halogens is 2. The molecule has 1 aliphatic rings. The van der Waals surface area contributed by atoms with Gasteiger partial charge in [-0.1, -0.05) is 23.2 Å². The molecule has 0 saturated carbocycles. The number of aromatic nitrogens is 2. The molecule has 1 aromatic heterocycles. The second kappa shape index (κ2) is 7.27. The first kappa shape index (κ1) is 15.5. The molecular formula is C16H18Cl2N4. The summed E-state index contributed by atoms with van der Waals surface area (Å²) in [4.78, 5) is 10.8. The Hall–Kier alpha value is -1.36. The Labute approximate surface area is 140 Å². The SMILES string of the molecule is Clc1cc(Cl)cc(CNC2CCN(c3ncccn3)CC2)c1. The van der Waals surface area contributed by atoms with Gasteiger partial charge in [0, 0.05) is 48.1 Å². The van der Waals surface area contributed by atoms with Crippen molar-refractivity contribution in [3.63, 3.8) is 0 Å². The summed E-state index contributed by atoms with van der Waals surface area (Å²) in [6.45, 7) is 2.72. The fourth-order valence-corrected chi connectivity index (χ4v) is 3.28. The Morgan fingerprint density at radius 3 is 2.32 bits per heavy atom. The van der Waals surface area contributed by atoms with Crippen molar-refractivity contribution in [3.05, 3.63) is 52.3 Å². The van der Waals surface area contributed by atoms with Crippen molar-refractivity contribution in [1.82, 2.24) is 15.3 Å². The summed E-state index contributed by atoms with van der Waals surface area (Å²) in [5.41, 5.74) is 1.12. The molecule has 6 heteroatoms. The molecule has 1 saturated heterocycles. The van der Waals surface area contributed by atoms with Crippen molar-refractivity contribution < 1.29 is 0 Å². The zero-order valence-corrected chi connectivity index (χ0v) is 13.7. The van der Waals surface area contributed by atoms with Gasteiger partial charge in [0.2, 0.25) is 5.95 Å². The predicted molar refractivity (Wildman–Crippen MR) is 90.6 cm³/mol. The van der Waals surface area contributed by atoms with E-state index >= 15 is 0 Å². The number of hydrogen-bond donors (Lipinski definition) is 1. The fourth-order valence-electron chi connectivity index (χ4n) is 2.71. The third-order valence-corrected chi connectivity index (χ3v) is 4.28. The third kappa shape index (κ3) is 4.09. The highest BCUT2D eigenvalue weighted by atomic mass is 35.5. The van der Waals surface area contributed by atoms with E-state index in [-0.39, 0.29) is 0 Å². The number of piperidine rings is 1. The Morgan fingerprint density at radius 1 is 1.05 bits per heavy atom. The van der Waals surface area contributed by atoms with Crippen molar-refractivity contribution >= 4 is 29.2 Å². The quantitative estimate of drug-likeness (QED) is 0.927. The van der Waals surface area contributed by atoms with Crippen LogP contribution in [0.4, 0.5) is 5.95 Å². The van der Waals surface area contributed by atoms with E-state index in [9.17, 15) is 0 Å². The van der Waals surface area contributed by atoms with Crippen LogP contribution >= 0.6 is 23.2 Å². The average molecular weight is 337 g/mol. The van der Waals surface area contributed by atoms with Gasteiger partial charge in [0.1, 0.15) is 0 Å². The number of hydrogen-bond acceptors (Lipinski definition) is 4. The Morgan fingerprint density at radius 2 is 1.68 bits per heavy atom. The monoisotopic (exact) mass is 336 g/mol. The maximum atomic E-state index is 6.03. The lowest BCUT2D eigenvalue weighted by molar-refractivity contribution is 0.411. The standard InChI is InChI=1S/C16H18Cl2N4/c17-13-8-12(9-14(18)10-13)11-21-15-2-6-22(7-3-15)16-19-4-1-5-20-16/h1,4-5,8-10,15,21H,2-3,6-7,11H2. The van der Waals surface area contributed by atoms with Gasteiger partial charge in [-0.3, -0.25) is 0 Å². The smallest absolute Gasteiger partial charge is 0.225 e. The summed E-state index contributed by atoms with van der Waals surface area (Å²) in [5.74, 6) is 0.822. The van der Waals surface area contributed by atoms with Crippen LogP contribution in [-0.4, -0.2) is 29.1 Å². The number of rotatable bonds is 4. The minimum atomic E-state index is 0.498. The van der Waals surface area contributed by atoms with Crippen LogP contribution in [0.25, 0.3) is 0 Å². The van der Waals surface area contributed by atoms with Gasteiger partial charge < -0.3 is 10.2 Å². The van der Waals surface area contributed by atoms with Gasteiger partial charge in [0.15, 0.2) is 0 Å². The summed E-state index contributed by atoms with van der Waals surface area (Å²) in [6, 6.07) is 8.00. The molecule has 0 atom stereocenters. The van der Waals surface area contributed by atoms with E-state index < -0.39 is 0 Å². The molecule has 4 nitrogen and oxygen atoms in total. The lowest BCUT2D eigenvalue weighted by Crippen LogP contribution is -2.42. The highest BCUT2D eigenvalue weighted by molar-refractivity contribution is 6.34. The number of nitrogens with one attached hydrogen (secondary N) is 1. The highest BCUT2D eigenvalue weighted by Crippen LogP contribution is 2.20. The summed E-state index contributed by atoms with van der Waals surface area (Å²) in [5, 5.41) is 4.94. The Balaban J connectivity index is 1.50. The summed E-state index contributed by atoms with van der Waals surface area (Å²) < 4.78 is 0. The van der Waals surface area contributed by atoms with Crippen LogP contribution in [0.1, 0.15) is 18.4 Å². The molecule has 22 heavy (non-hydrogen) atoms. The van der Waals surface area contributed by atoms with Crippen molar-refractivity contribution in [3.8, 4) is 0 Å². The first-order chi connectivity index (χ1) is 10.7. The van der Waals surface area contributed by atoms with Crippen LogP contribution < -0.4 is 10.2 Å². The number of benzene rings is 1. The van der Waals surface area contributed by atoms with Crippen LogP contribution in [0, 0.1) is 0 Å². The second-order valence-corrected chi connectivity index (χ2v) is 6.34. The Bertz CT molecular complexity index is 593. The molecule has 1 aliphatic heterocycles. The first-order valence-electron chi connectivity index (χ1n) is 7.41. The van der Waals surface area contributed by atoms with Crippen LogP contribution in [0.15, 0.2) is 36.7 Å². The minimum absolute atomic E-state index is 0.498. The van der Waals surface area contributed by atoms with Crippen molar-refractivity contribution in [2.24, 2.45) is 0 Å². The van der Waals surface area contributed by atoms with Crippen molar-refractivity contribution in [2.45, 2.75) is 25.4 Å². The van der Waals surface area contributed by atoms with E-state index in [0.29, 0.717) is 16.1 Å². The van der Waals surface area contributed by atoms with E-state index in [2.05, 4.69) is 20.2 Å². The zero-order chi connectivity index (χ0) is 15.4. The molecule has 3 rings (SSSR count). The molecule has 0 bridgehead atoms. The maximum absolute atomic E-state index is 6.03. The van der Waals surface area contributed by atoms with E-state index in [1.54, 1.807) is 18.5 Å². The van der Waals surface area contributed by atoms with Crippen molar-refractivity contribution in [2.75, 3.05) is 18.0 Å². The molecule has 1 fully saturated rings. The summed E-state index contributed by atoms with van der Waals surface area (Å²) >= 11 is 12.1. The molecule has 2 aromatic rings. The van der Waals surface area contributed by atoms with Crippen LogP contribution in [0.2, 0.25) is 10.0 Å². The van der Waals surface area contributed by atoms with Crippen LogP contribution in [0.5, 0.6) is 0 Å². The maximum Gasteiger partial charge on any atom is 0.225 e. The van der Waals surface area contributed by atoms with Gasteiger partial charge in [-0.25, -0.2) is 9.97 Å². The molecular weight excluding hydrogens is 319 g/mol. The lowest BCUT2D eigenvalue weighted by Gasteiger charge is -2.32. The summed E-state index contributed by atoms with van der Waals surface area (Å²) in [7, 11) is 0. The number of anilines is 1. The highest BCUT2D eigenvalue weighted by Gasteiger charge is 2.20. The third-order valence-electron chi connectivity index (χ3n) is 3.85. The van der Waals surface area contributed by atoms with E-state index in [1.165, 1.54) is 0 Å². The second-order valence-electron chi connectivity index (χ2n) is 5.47. The molecule has 0 aliphatic carbocycles. The predicted octanol–water partition coefficient (Wildman–Crippen LogP) is 3.54. The zero-order valence-electron chi connectivity index (χ0n) is 12.2. The van der Waals surface area contributed by atoms with Gasteiger partial charge in [-0.05, 0) is 42.7 Å². The molecule has 0 amide bonds. The van der Waals surface area contributed by atoms with Gasteiger partial charge in [-0.2, -0.15) is 0 Å². The van der Waals surface area contributed by atoms with E-state index in [1.807, 2.05) is 18.2 Å². The lowest BCUT2D eigenvalue weighted by atomic mass is 10.0. The fraction of sp³-hybridized carbons (Fsp3) is 0.375. The molecule has 2 heterocycles. The van der Waals surface area contributed by atoms with Crippen LogP contribution in [0.3, 0.4) is 0 Å². The van der Waals surface area contributed by atoms with E-state index in [4.69, 9.17) is 23.2 Å². The molecule has 0 radical (unpaired) electrons. The van der Waals surface area contributed by atoms with Crippen LogP contribution in [-0.2, 0) is 6.54 Å². The minimum Gasteiger partial charge on any atom is -0.341 e. The van der Waals surface area contributed by atoms with Gasteiger partial charge >= 0.3 is 0 Å². The average Bonchev–Trinajstić information content (AvgIpc) is 2.53. The molecule has 0 unspecified atom stereocenters. The normalized spacial score (nSPS) is 16.0. The van der Waals surface area contributed by atoms with E-state index in [0.717, 1.165) is 44.0 Å². The first-order valence-corrected chi connectivity index (χ1v) is 8.16. The topological polar surface area (TPSA) is 41.0 Å². The summed E-state index contributed by atoms with van der Waals surface area (Å²) in [6.07, 6.45) is 5.73. The molecule has 1 aromatic carbocycles. The van der Waals surface area contributed by atoms with Crippen molar-refractivity contribution in [1.29, 1.82) is 0 Å². The molecule has 0 spiro atoms. The molecule has 1 N–H and O–H groups in total. The molecule has 116 valence electrons. The van der Waals surface area contributed by atoms with Gasteiger partial charge in [-0.15, -0.1) is 0 Å².